The molecule has 2 fully saturated rings. The molecule has 1 saturated heterocycles. The Balaban J connectivity index is 1.43. The molecular weight excluding hydrogens is 162 g/mol. The fraction of sp³-hybridized carbons (Fsp3) is 1.00. The molecule has 0 aromatic carbocycles. The number of hydrogen-bond donors (Lipinski definition) is 1. The van der Waals surface area contributed by atoms with Crippen LogP contribution >= 0.6 is 0 Å². The zero-order chi connectivity index (χ0) is 8.93. The van der Waals surface area contributed by atoms with E-state index in [1.165, 1.54) is 51.5 Å². The summed E-state index contributed by atoms with van der Waals surface area (Å²) in [6.07, 6.45) is 9.92. The van der Waals surface area contributed by atoms with Crippen LogP contribution in [0.1, 0.15) is 44.9 Å². The third-order valence-corrected chi connectivity index (χ3v) is 3.27. The maximum absolute atomic E-state index is 5.71. The molecule has 1 saturated carbocycles. The number of hydrogen-bond acceptors (Lipinski definition) is 2. The molecule has 1 aliphatic heterocycles. The molecule has 13 heavy (non-hydrogen) atoms. The molecule has 0 amide bonds. The zero-order valence-electron chi connectivity index (χ0n) is 8.43. The predicted molar refractivity (Wildman–Crippen MR) is 53.8 cm³/mol. The molecule has 0 radical (unpaired) electrons. The van der Waals surface area contributed by atoms with E-state index in [1.807, 2.05) is 0 Å². The minimum atomic E-state index is 0.622. The predicted octanol–water partition coefficient (Wildman–Crippen LogP) is 2.09. The summed E-state index contributed by atoms with van der Waals surface area (Å²) in [5, 5.41) is 3.52. The van der Waals surface area contributed by atoms with Crippen molar-refractivity contribution in [3.8, 4) is 0 Å². The molecule has 1 N–H and O–H groups in total. The van der Waals surface area contributed by atoms with E-state index in [4.69, 9.17) is 4.74 Å². The van der Waals surface area contributed by atoms with Crippen LogP contribution in [0, 0.1) is 0 Å². The largest absolute Gasteiger partial charge is 0.378 e. The molecule has 0 aromatic rings. The van der Waals surface area contributed by atoms with Crippen LogP contribution in [0.25, 0.3) is 0 Å². The SMILES string of the molecule is C1CNC(CCCOC2CCC2)C1. The molecule has 0 aromatic heterocycles. The third kappa shape index (κ3) is 2.96. The Morgan fingerprint density at radius 1 is 1.15 bits per heavy atom. The highest BCUT2D eigenvalue weighted by molar-refractivity contribution is 4.74. The molecule has 0 spiro atoms. The normalized spacial score (nSPS) is 29.1. The highest BCUT2D eigenvalue weighted by Crippen LogP contribution is 2.22. The highest BCUT2D eigenvalue weighted by Gasteiger charge is 2.18. The summed E-state index contributed by atoms with van der Waals surface area (Å²) in [4.78, 5) is 0. The van der Waals surface area contributed by atoms with Crippen LogP contribution in [-0.4, -0.2) is 25.3 Å². The van der Waals surface area contributed by atoms with E-state index in [2.05, 4.69) is 5.32 Å². The van der Waals surface area contributed by atoms with Gasteiger partial charge in [-0.05, 0) is 51.5 Å². The van der Waals surface area contributed by atoms with Crippen molar-refractivity contribution in [2.24, 2.45) is 0 Å². The summed E-state index contributed by atoms with van der Waals surface area (Å²) < 4.78 is 5.71. The van der Waals surface area contributed by atoms with E-state index in [-0.39, 0.29) is 0 Å². The van der Waals surface area contributed by atoms with Gasteiger partial charge in [0.15, 0.2) is 0 Å². The van der Waals surface area contributed by atoms with E-state index in [1.54, 1.807) is 0 Å². The molecule has 2 rings (SSSR count). The molecule has 2 aliphatic rings. The first-order chi connectivity index (χ1) is 6.45. The monoisotopic (exact) mass is 183 g/mol. The Labute approximate surface area is 81.0 Å². The first-order valence-corrected chi connectivity index (χ1v) is 5.80. The lowest BCUT2D eigenvalue weighted by Gasteiger charge is -2.25. The van der Waals surface area contributed by atoms with E-state index in [9.17, 15) is 0 Å². The average molecular weight is 183 g/mol. The van der Waals surface area contributed by atoms with Crippen LogP contribution in [0.3, 0.4) is 0 Å². The summed E-state index contributed by atoms with van der Waals surface area (Å²) in [6, 6.07) is 0.796. The molecule has 1 aliphatic carbocycles. The average Bonchev–Trinajstić information content (AvgIpc) is 2.53. The van der Waals surface area contributed by atoms with Gasteiger partial charge in [0, 0.05) is 12.6 Å². The Morgan fingerprint density at radius 2 is 2.08 bits per heavy atom. The van der Waals surface area contributed by atoms with Gasteiger partial charge in [-0.3, -0.25) is 0 Å². The summed E-state index contributed by atoms with van der Waals surface area (Å²) >= 11 is 0. The third-order valence-electron chi connectivity index (χ3n) is 3.27. The van der Waals surface area contributed by atoms with E-state index >= 15 is 0 Å². The molecule has 2 heteroatoms. The second-order valence-corrected chi connectivity index (χ2v) is 4.36. The van der Waals surface area contributed by atoms with E-state index < -0.39 is 0 Å². The maximum atomic E-state index is 5.71. The van der Waals surface area contributed by atoms with Crippen molar-refractivity contribution in [1.82, 2.24) is 5.32 Å². The number of nitrogens with one attached hydrogen (secondary N) is 1. The van der Waals surface area contributed by atoms with Crippen molar-refractivity contribution in [2.75, 3.05) is 13.2 Å². The van der Waals surface area contributed by atoms with Gasteiger partial charge in [0.1, 0.15) is 0 Å². The smallest absolute Gasteiger partial charge is 0.0575 e. The minimum absolute atomic E-state index is 0.622. The van der Waals surface area contributed by atoms with Crippen molar-refractivity contribution in [1.29, 1.82) is 0 Å². The van der Waals surface area contributed by atoms with Gasteiger partial charge in [-0.2, -0.15) is 0 Å². The van der Waals surface area contributed by atoms with Crippen LogP contribution in [-0.2, 0) is 4.74 Å². The molecule has 76 valence electrons. The minimum Gasteiger partial charge on any atom is -0.378 e. The molecular formula is C11H21NO. The van der Waals surface area contributed by atoms with Gasteiger partial charge in [0.05, 0.1) is 6.10 Å². The van der Waals surface area contributed by atoms with Crippen molar-refractivity contribution in [3.05, 3.63) is 0 Å². The number of ether oxygens (including phenoxy) is 1. The van der Waals surface area contributed by atoms with Crippen molar-refractivity contribution in [2.45, 2.75) is 57.1 Å². The highest BCUT2D eigenvalue weighted by atomic mass is 16.5. The van der Waals surface area contributed by atoms with Gasteiger partial charge in [0.2, 0.25) is 0 Å². The van der Waals surface area contributed by atoms with Crippen molar-refractivity contribution in [3.63, 3.8) is 0 Å². The molecule has 1 heterocycles. The van der Waals surface area contributed by atoms with Gasteiger partial charge in [-0.15, -0.1) is 0 Å². The van der Waals surface area contributed by atoms with Crippen LogP contribution in [0.4, 0.5) is 0 Å². The van der Waals surface area contributed by atoms with Crippen molar-refractivity contribution < 1.29 is 4.74 Å². The van der Waals surface area contributed by atoms with E-state index in [0.29, 0.717) is 6.10 Å². The quantitative estimate of drug-likeness (QED) is 0.659. The van der Waals surface area contributed by atoms with Crippen LogP contribution in [0.15, 0.2) is 0 Å². The fourth-order valence-electron chi connectivity index (χ4n) is 2.12. The van der Waals surface area contributed by atoms with Gasteiger partial charge in [-0.1, -0.05) is 0 Å². The lowest BCUT2D eigenvalue weighted by molar-refractivity contribution is 0.000167. The molecule has 0 bridgehead atoms. The fourth-order valence-corrected chi connectivity index (χ4v) is 2.12. The summed E-state index contributed by atoms with van der Waals surface area (Å²) in [5.41, 5.74) is 0. The second kappa shape index (κ2) is 4.97. The first-order valence-electron chi connectivity index (χ1n) is 5.80. The Morgan fingerprint density at radius 3 is 2.69 bits per heavy atom. The Hall–Kier alpha value is -0.0800. The topological polar surface area (TPSA) is 21.3 Å². The van der Waals surface area contributed by atoms with Crippen LogP contribution in [0.2, 0.25) is 0 Å². The summed E-state index contributed by atoms with van der Waals surface area (Å²) in [7, 11) is 0. The summed E-state index contributed by atoms with van der Waals surface area (Å²) in [6.45, 7) is 2.22. The lowest BCUT2D eigenvalue weighted by atomic mass is 9.96. The van der Waals surface area contributed by atoms with Gasteiger partial charge < -0.3 is 10.1 Å². The Kier molecular flexibility index (Phi) is 3.62. The Bertz CT molecular complexity index is 139. The molecule has 1 unspecified atom stereocenters. The van der Waals surface area contributed by atoms with Gasteiger partial charge in [0.25, 0.3) is 0 Å². The van der Waals surface area contributed by atoms with Crippen molar-refractivity contribution >= 4 is 0 Å². The molecule has 2 nitrogen and oxygen atoms in total. The standard InChI is InChI=1S/C11H21NO/c1-6-11(7-1)13-9-3-5-10-4-2-8-12-10/h10-12H,1-9H2. The first kappa shape index (κ1) is 9.47. The summed E-state index contributed by atoms with van der Waals surface area (Å²) in [5.74, 6) is 0. The lowest BCUT2D eigenvalue weighted by Crippen LogP contribution is -2.24. The van der Waals surface area contributed by atoms with Gasteiger partial charge in [-0.25, -0.2) is 0 Å². The van der Waals surface area contributed by atoms with Crippen LogP contribution < -0.4 is 5.32 Å². The zero-order valence-corrected chi connectivity index (χ0v) is 8.43. The molecule has 1 atom stereocenters. The van der Waals surface area contributed by atoms with Gasteiger partial charge >= 0.3 is 0 Å². The van der Waals surface area contributed by atoms with E-state index in [0.717, 1.165) is 12.6 Å². The van der Waals surface area contributed by atoms with Crippen LogP contribution in [0.5, 0.6) is 0 Å². The second-order valence-electron chi connectivity index (χ2n) is 4.36. The number of rotatable bonds is 5. The maximum Gasteiger partial charge on any atom is 0.0575 e.